The minimum Gasteiger partial charge on any atom is -0.368 e. The number of rotatable bonds is 3. The lowest BCUT2D eigenvalue weighted by Gasteiger charge is -2.31. The highest BCUT2D eigenvalue weighted by Crippen LogP contribution is 2.39. The van der Waals surface area contributed by atoms with Gasteiger partial charge in [0.1, 0.15) is 0 Å². The summed E-state index contributed by atoms with van der Waals surface area (Å²) in [5.41, 5.74) is 2.48. The summed E-state index contributed by atoms with van der Waals surface area (Å²) < 4.78 is 45.5. The quantitative estimate of drug-likeness (QED) is 0.395. The number of nitrogens with zero attached hydrogens (tertiary/aromatic N) is 5. The van der Waals surface area contributed by atoms with Crippen LogP contribution < -0.4 is 15.9 Å². The van der Waals surface area contributed by atoms with Crippen LogP contribution in [0.5, 0.6) is 0 Å². The molecule has 1 aliphatic rings. The van der Waals surface area contributed by atoms with Crippen molar-refractivity contribution >= 4 is 27.6 Å². The molecule has 5 aromatic rings. The van der Waals surface area contributed by atoms with E-state index in [9.17, 15) is 18.0 Å². The number of aromatic nitrogens is 4. The average Bonchev–Trinajstić information content (AvgIpc) is 3.18. The average molecular weight is 505 g/mol. The Balaban J connectivity index is 1.61. The maximum Gasteiger partial charge on any atom is 0.418 e. The first-order valence-corrected chi connectivity index (χ1v) is 11.9. The molecule has 0 radical (unpaired) electrons. The number of alkyl halides is 3. The summed E-state index contributed by atoms with van der Waals surface area (Å²) in [5.74, 6) is 0. The molecule has 1 aliphatic heterocycles. The molecule has 0 atom stereocenters. The van der Waals surface area contributed by atoms with Crippen molar-refractivity contribution < 1.29 is 13.2 Å². The molecule has 37 heavy (non-hydrogen) atoms. The van der Waals surface area contributed by atoms with Crippen molar-refractivity contribution in [2.75, 3.05) is 31.1 Å². The Morgan fingerprint density at radius 2 is 1.78 bits per heavy atom. The second kappa shape index (κ2) is 8.74. The fraction of sp³-hybridized carbons (Fsp3) is 0.222. The third-order valence-electron chi connectivity index (χ3n) is 6.88. The number of halogens is 3. The number of aryl methyl sites for hydroxylation is 1. The standard InChI is InChI=1S/C27H23F3N6O/c1-34-24-16-33-22-6-4-17(18-3-2-8-32-15-18)13-20(22)25(24)36(26(34)37)19-5-7-23(21(14-19)27(28,29)30)35-11-9-31-10-12-35/h2-8,13-16,31H,9-12H2,1H3. The normalized spacial score (nSPS) is 14.5. The van der Waals surface area contributed by atoms with Gasteiger partial charge >= 0.3 is 11.9 Å². The van der Waals surface area contributed by atoms with E-state index in [-0.39, 0.29) is 11.4 Å². The summed E-state index contributed by atoms with van der Waals surface area (Å²) in [6, 6.07) is 13.5. The monoisotopic (exact) mass is 504 g/mol. The number of anilines is 1. The predicted octanol–water partition coefficient (Wildman–Crippen LogP) is 4.37. The number of nitrogens with one attached hydrogen (secondary N) is 1. The van der Waals surface area contributed by atoms with Crippen molar-refractivity contribution in [3.63, 3.8) is 0 Å². The first-order chi connectivity index (χ1) is 17.8. The van der Waals surface area contributed by atoms with E-state index in [0.29, 0.717) is 48.1 Å². The minimum absolute atomic E-state index is 0.122. The Bertz CT molecular complexity index is 1680. The van der Waals surface area contributed by atoms with E-state index in [1.165, 1.54) is 15.2 Å². The number of piperazine rings is 1. The lowest BCUT2D eigenvalue weighted by Crippen LogP contribution is -2.44. The van der Waals surface area contributed by atoms with Crippen molar-refractivity contribution in [1.29, 1.82) is 0 Å². The van der Waals surface area contributed by atoms with Crippen LogP contribution in [0, 0.1) is 0 Å². The van der Waals surface area contributed by atoms with Crippen LogP contribution in [-0.4, -0.2) is 45.3 Å². The van der Waals surface area contributed by atoms with Crippen LogP contribution in [0.3, 0.4) is 0 Å². The van der Waals surface area contributed by atoms with Gasteiger partial charge in [-0.1, -0.05) is 12.1 Å². The lowest BCUT2D eigenvalue weighted by atomic mass is 10.0. The Labute approximate surface area is 209 Å². The third-order valence-corrected chi connectivity index (χ3v) is 6.88. The summed E-state index contributed by atoms with van der Waals surface area (Å²) in [5, 5.41) is 3.83. The number of fused-ring (bicyclic) bond motifs is 3. The Hall–Kier alpha value is -4.18. The maximum atomic E-state index is 14.3. The molecule has 6 rings (SSSR count). The molecule has 2 aromatic carbocycles. The van der Waals surface area contributed by atoms with Gasteiger partial charge in [-0.2, -0.15) is 13.2 Å². The van der Waals surface area contributed by atoms with E-state index in [1.807, 2.05) is 30.3 Å². The highest BCUT2D eigenvalue weighted by atomic mass is 19.4. The van der Waals surface area contributed by atoms with Gasteiger partial charge in [0.25, 0.3) is 0 Å². The SMILES string of the molecule is Cn1c(=O)n(-c2ccc(N3CCNCC3)c(C(F)(F)F)c2)c2c3cc(-c4cccnc4)ccc3ncc21. The molecule has 0 aliphatic carbocycles. The number of hydrogen-bond donors (Lipinski definition) is 1. The van der Waals surface area contributed by atoms with Crippen molar-refractivity contribution in [3.05, 3.63) is 83.2 Å². The lowest BCUT2D eigenvalue weighted by molar-refractivity contribution is -0.137. The topological polar surface area (TPSA) is 68.0 Å². The van der Waals surface area contributed by atoms with Gasteiger partial charge in [0.2, 0.25) is 0 Å². The van der Waals surface area contributed by atoms with Crippen LogP contribution >= 0.6 is 0 Å². The molecule has 1 saturated heterocycles. The van der Waals surface area contributed by atoms with Gasteiger partial charge in [0, 0.05) is 62.3 Å². The largest absolute Gasteiger partial charge is 0.418 e. The van der Waals surface area contributed by atoms with E-state index in [1.54, 1.807) is 36.6 Å². The molecule has 0 saturated carbocycles. The molecule has 1 fully saturated rings. The second-order valence-corrected chi connectivity index (χ2v) is 9.08. The highest BCUT2D eigenvalue weighted by molar-refractivity contribution is 6.04. The number of benzene rings is 2. The Kier molecular flexibility index (Phi) is 5.49. The van der Waals surface area contributed by atoms with Crippen molar-refractivity contribution in [1.82, 2.24) is 24.4 Å². The highest BCUT2D eigenvalue weighted by Gasteiger charge is 2.36. The molecular formula is C27H23F3N6O. The van der Waals surface area contributed by atoms with Gasteiger partial charge in [-0.3, -0.25) is 19.1 Å². The zero-order valence-corrected chi connectivity index (χ0v) is 20.0. The molecule has 3 aromatic heterocycles. The van der Waals surface area contributed by atoms with E-state index in [2.05, 4.69) is 15.3 Å². The van der Waals surface area contributed by atoms with Crippen molar-refractivity contribution in [3.8, 4) is 16.8 Å². The van der Waals surface area contributed by atoms with Crippen LogP contribution in [0.15, 0.2) is 71.9 Å². The first kappa shape index (κ1) is 23.2. The number of hydrogen-bond acceptors (Lipinski definition) is 5. The third kappa shape index (κ3) is 3.93. The van der Waals surface area contributed by atoms with E-state index in [4.69, 9.17) is 0 Å². The second-order valence-electron chi connectivity index (χ2n) is 9.08. The Morgan fingerprint density at radius 3 is 2.51 bits per heavy atom. The molecule has 10 heteroatoms. The van der Waals surface area contributed by atoms with Gasteiger partial charge in [0.15, 0.2) is 0 Å². The van der Waals surface area contributed by atoms with E-state index >= 15 is 0 Å². The fourth-order valence-corrected chi connectivity index (χ4v) is 5.02. The first-order valence-electron chi connectivity index (χ1n) is 11.9. The van der Waals surface area contributed by atoms with Gasteiger partial charge in [-0.25, -0.2) is 4.79 Å². The van der Waals surface area contributed by atoms with Gasteiger partial charge < -0.3 is 10.2 Å². The fourth-order valence-electron chi connectivity index (χ4n) is 5.02. The maximum absolute atomic E-state index is 14.3. The minimum atomic E-state index is -4.58. The van der Waals surface area contributed by atoms with E-state index in [0.717, 1.165) is 17.2 Å². The van der Waals surface area contributed by atoms with Gasteiger partial charge in [0.05, 0.1) is 34.0 Å². The van der Waals surface area contributed by atoms with Crippen LogP contribution in [-0.2, 0) is 13.2 Å². The van der Waals surface area contributed by atoms with Crippen LogP contribution in [0.4, 0.5) is 18.9 Å². The number of imidazole rings is 1. The summed E-state index contributed by atoms with van der Waals surface area (Å²) in [7, 11) is 1.60. The van der Waals surface area contributed by atoms with Crippen LogP contribution in [0.25, 0.3) is 38.8 Å². The zero-order chi connectivity index (χ0) is 25.7. The number of pyridine rings is 2. The predicted molar refractivity (Wildman–Crippen MR) is 137 cm³/mol. The van der Waals surface area contributed by atoms with Crippen LogP contribution in [0.2, 0.25) is 0 Å². The van der Waals surface area contributed by atoms with Crippen molar-refractivity contribution in [2.24, 2.45) is 7.05 Å². The Morgan fingerprint density at radius 1 is 0.973 bits per heavy atom. The molecular weight excluding hydrogens is 481 g/mol. The molecule has 7 nitrogen and oxygen atoms in total. The molecule has 0 unspecified atom stereocenters. The zero-order valence-electron chi connectivity index (χ0n) is 20.0. The molecule has 0 spiro atoms. The molecule has 0 amide bonds. The van der Waals surface area contributed by atoms with Gasteiger partial charge in [-0.15, -0.1) is 0 Å². The van der Waals surface area contributed by atoms with Gasteiger partial charge in [-0.05, 0) is 42.0 Å². The molecule has 188 valence electrons. The summed E-state index contributed by atoms with van der Waals surface area (Å²) in [6.45, 7) is 2.17. The summed E-state index contributed by atoms with van der Waals surface area (Å²) in [4.78, 5) is 23.8. The van der Waals surface area contributed by atoms with E-state index < -0.39 is 17.4 Å². The molecule has 4 heterocycles. The molecule has 0 bridgehead atoms. The summed E-state index contributed by atoms with van der Waals surface area (Å²) in [6.07, 6.45) is 0.416. The molecule has 1 N–H and O–H groups in total. The summed E-state index contributed by atoms with van der Waals surface area (Å²) >= 11 is 0. The van der Waals surface area contributed by atoms with Crippen LogP contribution in [0.1, 0.15) is 5.56 Å². The van der Waals surface area contributed by atoms with Crippen molar-refractivity contribution in [2.45, 2.75) is 6.18 Å². The smallest absolute Gasteiger partial charge is 0.368 e.